The number of H-pyrrole nitrogens is 1. The lowest BCUT2D eigenvalue weighted by molar-refractivity contribution is -0.0172. The number of piperidine rings is 1. The number of ether oxygens (including phenoxy) is 2. The summed E-state index contributed by atoms with van der Waals surface area (Å²) in [5, 5.41) is 3.00. The second-order valence-corrected chi connectivity index (χ2v) is 7.79. The molecule has 0 aromatic carbocycles. The summed E-state index contributed by atoms with van der Waals surface area (Å²) in [6.07, 6.45) is 1.51. The molecule has 1 aliphatic rings. The zero-order valence-electron chi connectivity index (χ0n) is 17.2. The summed E-state index contributed by atoms with van der Waals surface area (Å²) in [5.74, 6) is 0.0790. The highest BCUT2D eigenvalue weighted by molar-refractivity contribution is 5.91. The molecule has 27 heavy (non-hydrogen) atoms. The van der Waals surface area contributed by atoms with Gasteiger partial charge in [0.1, 0.15) is 5.60 Å². The Morgan fingerprint density at radius 1 is 1.30 bits per heavy atom. The van der Waals surface area contributed by atoms with Gasteiger partial charge in [0.25, 0.3) is 5.91 Å². The summed E-state index contributed by atoms with van der Waals surface area (Å²) < 4.78 is 11.0. The van der Waals surface area contributed by atoms with Gasteiger partial charge in [-0.15, -0.1) is 0 Å². The van der Waals surface area contributed by atoms with Gasteiger partial charge < -0.3 is 24.7 Å². The van der Waals surface area contributed by atoms with Gasteiger partial charge in [-0.3, -0.25) is 4.79 Å². The molecule has 152 valence electrons. The Bertz CT molecular complexity index is 644. The Labute approximate surface area is 161 Å². The highest BCUT2D eigenvalue weighted by Crippen LogP contribution is 2.18. The van der Waals surface area contributed by atoms with Gasteiger partial charge in [0.2, 0.25) is 0 Å². The van der Waals surface area contributed by atoms with Crippen molar-refractivity contribution in [1.29, 1.82) is 0 Å². The maximum atomic E-state index is 12.6. The van der Waals surface area contributed by atoms with Gasteiger partial charge in [-0.25, -0.2) is 9.78 Å². The third-order valence-corrected chi connectivity index (χ3v) is 4.60. The maximum absolute atomic E-state index is 12.6. The number of aryl methyl sites for hydroxylation is 2. The van der Waals surface area contributed by atoms with E-state index in [1.807, 2.05) is 34.6 Å². The summed E-state index contributed by atoms with van der Waals surface area (Å²) in [5.41, 5.74) is 1.37. The number of likely N-dealkylation sites (tertiary alicyclic amines) is 1. The second kappa shape index (κ2) is 8.73. The predicted octanol–water partition coefficient (Wildman–Crippen LogP) is 2.29. The molecule has 2 heterocycles. The largest absolute Gasteiger partial charge is 0.444 e. The van der Waals surface area contributed by atoms with E-state index in [-0.39, 0.29) is 24.1 Å². The molecule has 0 bridgehead atoms. The van der Waals surface area contributed by atoms with Crippen LogP contribution in [0.1, 0.15) is 63.0 Å². The van der Waals surface area contributed by atoms with Gasteiger partial charge in [0, 0.05) is 19.3 Å². The van der Waals surface area contributed by atoms with Crippen molar-refractivity contribution in [2.45, 2.75) is 71.6 Å². The molecule has 1 aromatic heterocycles. The number of imidazole rings is 1. The lowest BCUT2D eigenvalue weighted by atomic mass is 10.0. The van der Waals surface area contributed by atoms with E-state index < -0.39 is 5.60 Å². The van der Waals surface area contributed by atoms with Crippen LogP contribution in [0.2, 0.25) is 0 Å². The molecule has 1 aliphatic heterocycles. The highest BCUT2D eigenvalue weighted by Gasteiger charge is 2.35. The first-order chi connectivity index (χ1) is 12.7. The zero-order chi connectivity index (χ0) is 20.2. The van der Waals surface area contributed by atoms with Crippen LogP contribution in [0.5, 0.6) is 0 Å². The molecule has 2 unspecified atom stereocenters. The molecule has 0 aliphatic carbocycles. The summed E-state index contributed by atoms with van der Waals surface area (Å²) in [6, 6.07) is -0.193. The average molecular weight is 380 g/mol. The molecule has 2 amide bonds. The molecule has 0 radical (unpaired) electrons. The van der Waals surface area contributed by atoms with E-state index in [0.717, 1.165) is 24.2 Å². The van der Waals surface area contributed by atoms with Gasteiger partial charge in [-0.05, 0) is 40.0 Å². The smallest absolute Gasteiger partial charge is 0.410 e. The highest BCUT2D eigenvalue weighted by atomic mass is 16.6. The first-order valence-electron chi connectivity index (χ1n) is 9.57. The van der Waals surface area contributed by atoms with E-state index in [0.29, 0.717) is 25.3 Å². The monoisotopic (exact) mass is 380 g/mol. The zero-order valence-corrected chi connectivity index (χ0v) is 17.2. The molecule has 1 aromatic rings. The van der Waals surface area contributed by atoms with E-state index in [2.05, 4.69) is 15.3 Å². The van der Waals surface area contributed by atoms with Crippen molar-refractivity contribution in [2.24, 2.45) is 0 Å². The number of aromatic nitrogens is 2. The third-order valence-electron chi connectivity index (χ3n) is 4.60. The van der Waals surface area contributed by atoms with Gasteiger partial charge in [-0.1, -0.05) is 13.8 Å². The molecule has 2 N–H and O–H groups in total. The van der Waals surface area contributed by atoms with Gasteiger partial charge in [-0.2, -0.15) is 0 Å². The normalized spacial score (nSPS) is 20.4. The Balaban J connectivity index is 2.00. The lowest BCUT2D eigenvalue weighted by Gasteiger charge is -2.38. The Kier molecular flexibility index (Phi) is 6.86. The molecular formula is C19H32N4O4. The summed E-state index contributed by atoms with van der Waals surface area (Å²) in [7, 11) is 1.58. The van der Waals surface area contributed by atoms with Crippen molar-refractivity contribution < 1.29 is 19.1 Å². The van der Waals surface area contributed by atoms with Crippen LogP contribution < -0.4 is 5.32 Å². The van der Waals surface area contributed by atoms with Crippen molar-refractivity contribution in [3.63, 3.8) is 0 Å². The number of nitrogens with zero attached hydrogens (tertiary/aromatic N) is 2. The molecule has 8 heteroatoms. The van der Waals surface area contributed by atoms with Gasteiger partial charge >= 0.3 is 6.09 Å². The fraction of sp³-hybridized carbons (Fsp3) is 0.737. The number of hydrogen-bond acceptors (Lipinski definition) is 5. The predicted molar refractivity (Wildman–Crippen MR) is 102 cm³/mol. The molecule has 0 saturated carbocycles. The van der Waals surface area contributed by atoms with E-state index in [9.17, 15) is 9.59 Å². The van der Waals surface area contributed by atoms with E-state index in [1.54, 1.807) is 12.0 Å². The first-order valence-corrected chi connectivity index (χ1v) is 9.57. The van der Waals surface area contributed by atoms with Crippen LogP contribution in [0.15, 0.2) is 0 Å². The number of nitrogens with one attached hydrogen (secondary N) is 2. The van der Waals surface area contributed by atoms with E-state index >= 15 is 0 Å². The van der Waals surface area contributed by atoms with E-state index in [1.165, 1.54) is 0 Å². The number of aromatic amines is 1. The lowest BCUT2D eigenvalue weighted by Crippen LogP contribution is -2.56. The van der Waals surface area contributed by atoms with Crippen LogP contribution in [0.4, 0.5) is 4.79 Å². The van der Waals surface area contributed by atoms with Crippen LogP contribution in [-0.2, 0) is 22.3 Å². The molecule has 1 saturated heterocycles. The first kappa shape index (κ1) is 21.2. The molecule has 2 atom stereocenters. The number of carbonyl (C=O) groups is 2. The standard InChI is InChI=1S/C19H32N4O4/c1-7-12-13(8-2)21-16(20-12)17(24)22-14-9-10-23(11-15(14)26-6)18(25)27-19(3,4)5/h14-15H,7-11H2,1-6H3,(H,20,21)(H,22,24). The van der Waals surface area contributed by atoms with Crippen molar-refractivity contribution in [2.75, 3.05) is 20.2 Å². The Morgan fingerprint density at radius 2 is 2.00 bits per heavy atom. The van der Waals surface area contributed by atoms with Gasteiger partial charge in [0.05, 0.1) is 24.4 Å². The van der Waals surface area contributed by atoms with Crippen LogP contribution in [-0.4, -0.2) is 64.8 Å². The summed E-state index contributed by atoms with van der Waals surface area (Å²) in [4.78, 5) is 34.0. The molecule has 0 spiro atoms. The van der Waals surface area contributed by atoms with Crippen LogP contribution in [0, 0.1) is 0 Å². The Hall–Kier alpha value is -2.09. The fourth-order valence-electron chi connectivity index (χ4n) is 3.19. The van der Waals surface area contributed by atoms with Crippen molar-refractivity contribution >= 4 is 12.0 Å². The number of rotatable bonds is 5. The quantitative estimate of drug-likeness (QED) is 0.817. The number of amides is 2. The van der Waals surface area contributed by atoms with Crippen molar-refractivity contribution in [3.05, 3.63) is 17.2 Å². The Morgan fingerprint density at radius 3 is 2.52 bits per heavy atom. The number of carbonyl (C=O) groups excluding carboxylic acids is 2. The van der Waals surface area contributed by atoms with Crippen molar-refractivity contribution in [1.82, 2.24) is 20.2 Å². The maximum Gasteiger partial charge on any atom is 0.410 e. The number of methoxy groups -OCH3 is 1. The minimum atomic E-state index is -0.544. The number of hydrogen-bond donors (Lipinski definition) is 2. The van der Waals surface area contributed by atoms with Crippen LogP contribution in [0.3, 0.4) is 0 Å². The average Bonchev–Trinajstić information content (AvgIpc) is 3.04. The topological polar surface area (TPSA) is 96.6 Å². The fourth-order valence-corrected chi connectivity index (χ4v) is 3.19. The molecule has 1 fully saturated rings. The van der Waals surface area contributed by atoms with Gasteiger partial charge in [0.15, 0.2) is 5.82 Å². The minimum absolute atomic E-state index is 0.193. The SMILES string of the molecule is CCc1nc(C(=O)NC2CCN(C(=O)OC(C)(C)C)CC2OC)[nH]c1CC. The molecule has 2 rings (SSSR count). The molecular weight excluding hydrogens is 348 g/mol. The van der Waals surface area contributed by atoms with Crippen LogP contribution in [0.25, 0.3) is 0 Å². The minimum Gasteiger partial charge on any atom is -0.444 e. The summed E-state index contributed by atoms with van der Waals surface area (Å²) in [6.45, 7) is 10.4. The molecule has 8 nitrogen and oxygen atoms in total. The van der Waals surface area contributed by atoms with Crippen LogP contribution >= 0.6 is 0 Å². The van der Waals surface area contributed by atoms with Crippen molar-refractivity contribution in [3.8, 4) is 0 Å². The van der Waals surface area contributed by atoms with E-state index in [4.69, 9.17) is 9.47 Å². The second-order valence-electron chi connectivity index (χ2n) is 7.79. The summed E-state index contributed by atoms with van der Waals surface area (Å²) >= 11 is 0. The third kappa shape index (κ3) is 5.45.